The van der Waals surface area contributed by atoms with Gasteiger partial charge >= 0.3 is 0 Å². The molecule has 164 valence electrons. The molecule has 1 aliphatic heterocycles. The highest BCUT2D eigenvalue weighted by Gasteiger charge is 2.45. The van der Waals surface area contributed by atoms with Crippen LogP contribution in [-0.2, 0) is 16.8 Å². The molecule has 9 heteroatoms. The lowest BCUT2D eigenvalue weighted by molar-refractivity contribution is -0.135. The van der Waals surface area contributed by atoms with Crippen LogP contribution in [0.15, 0.2) is 4.52 Å². The number of nitrogens with zero attached hydrogens (tertiary/aromatic N) is 7. The second kappa shape index (κ2) is 8.45. The van der Waals surface area contributed by atoms with E-state index in [2.05, 4.69) is 39.7 Å². The van der Waals surface area contributed by atoms with E-state index in [1.807, 2.05) is 23.4 Å². The Kier molecular flexibility index (Phi) is 5.90. The van der Waals surface area contributed by atoms with Gasteiger partial charge < -0.3 is 9.42 Å². The number of amides is 1. The first-order valence-corrected chi connectivity index (χ1v) is 11.1. The van der Waals surface area contributed by atoms with Crippen molar-refractivity contribution in [1.82, 2.24) is 35.2 Å². The summed E-state index contributed by atoms with van der Waals surface area (Å²) in [5.74, 6) is 1.88. The average molecular weight is 416 g/mol. The highest BCUT2D eigenvalue weighted by Crippen LogP contribution is 2.38. The second-order valence-electron chi connectivity index (χ2n) is 9.03. The van der Waals surface area contributed by atoms with Gasteiger partial charge in [-0.3, -0.25) is 9.69 Å². The van der Waals surface area contributed by atoms with E-state index in [-0.39, 0.29) is 11.4 Å². The predicted octanol–water partition coefficient (Wildman–Crippen LogP) is 2.41. The maximum absolute atomic E-state index is 13.1. The van der Waals surface area contributed by atoms with E-state index >= 15 is 0 Å². The third-order valence-corrected chi connectivity index (χ3v) is 7.03. The summed E-state index contributed by atoms with van der Waals surface area (Å²) in [6, 6.07) is 0.373. The molecule has 2 aromatic heterocycles. The van der Waals surface area contributed by atoms with Gasteiger partial charge in [-0.25, -0.2) is 4.68 Å². The van der Waals surface area contributed by atoms with E-state index in [0.717, 1.165) is 55.1 Å². The minimum atomic E-state index is -0.358. The molecule has 2 aromatic rings. The fraction of sp³-hybridized carbons (Fsp3) is 0.762. The predicted molar refractivity (Wildman–Crippen MR) is 111 cm³/mol. The van der Waals surface area contributed by atoms with Crippen molar-refractivity contribution in [3.05, 3.63) is 22.8 Å². The van der Waals surface area contributed by atoms with Crippen LogP contribution in [0, 0.1) is 13.8 Å². The van der Waals surface area contributed by atoms with E-state index in [4.69, 9.17) is 4.52 Å². The van der Waals surface area contributed by atoms with Crippen LogP contribution in [0.25, 0.3) is 0 Å². The summed E-state index contributed by atoms with van der Waals surface area (Å²) in [6.45, 7) is 5.23. The van der Waals surface area contributed by atoms with Gasteiger partial charge in [0.25, 0.3) is 0 Å². The number of rotatable bonds is 6. The summed E-state index contributed by atoms with van der Waals surface area (Å²) in [5, 5.41) is 16.9. The van der Waals surface area contributed by atoms with Gasteiger partial charge in [0.1, 0.15) is 11.3 Å². The molecule has 1 unspecified atom stereocenters. The number of hydrogen-bond acceptors (Lipinski definition) is 7. The molecule has 4 rings (SSSR count). The molecule has 1 saturated heterocycles. The molecular formula is C21H33N7O2. The Balaban J connectivity index is 1.53. The van der Waals surface area contributed by atoms with Crippen LogP contribution >= 0.6 is 0 Å². The van der Waals surface area contributed by atoms with E-state index in [9.17, 15) is 4.79 Å². The summed E-state index contributed by atoms with van der Waals surface area (Å²) >= 11 is 0. The number of likely N-dealkylation sites (tertiary alicyclic amines) is 1. The van der Waals surface area contributed by atoms with Gasteiger partial charge in [0.2, 0.25) is 5.91 Å². The van der Waals surface area contributed by atoms with Crippen LogP contribution in [0.1, 0.15) is 73.8 Å². The van der Waals surface area contributed by atoms with E-state index in [1.165, 1.54) is 12.8 Å². The molecule has 0 radical (unpaired) electrons. The highest BCUT2D eigenvalue weighted by molar-refractivity contribution is 5.76. The fourth-order valence-electron chi connectivity index (χ4n) is 5.14. The zero-order valence-corrected chi connectivity index (χ0v) is 18.6. The Morgan fingerprint density at radius 2 is 2.00 bits per heavy atom. The molecule has 0 spiro atoms. The first-order chi connectivity index (χ1) is 14.4. The molecule has 0 N–H and O–H groups in total. The molecular weight excluding hydrogens is 382 g/mol. The van der Waals surface area contributed by atoms with Crippen molar-refractivity contribution in [3.8, 4) is 0 Å². The second-order valence-corrected chi connectivity index (χ2v) is 9.03. The van der Waals surface area contributed by atoms with Crippen LogP contribution in [0.4, 0.5) is 0 Å². The van der Waals surface area contributed by atoms with Gasteiger partial charge in [-0.15, -0.1) is 5.10 Å². The molecule has 1 amide bonds. The van der Waals surface area contributed by atoms with Crippen LogP contribution in [-0.4, -0.2) is 68.3 Å². The summed E-state index contributed by atoms with van der Waals surface area (Å²) in [4.78, 5) is 17.3. The normalized spacial score (nSPS) is 22.9. The average Bonchev–Trinajstić information content (AvgIpc) is 3.48. The largest absolute Gasteiger partial charge is 0.361 e. The molecule has 3 heterocycles. The third-order valence-electron chi connectivity index (χ3n) is 7.03. The van der Waals surface area contributed by atoms with Crippen molar-refractivity contribution in [2.45, 2.75) is 76.8 Å². The molecule has 2 fully saturated rings. The smallest absolute Gasteiger partial charge is 0.222 e. The van der Waals surface area contributed by atoms with Crippen LogP contribution in [0.5, 0.6) is 0 Å². The summed E-state index contributed by atoms with van der Waals surface area (Å²) in [6.07, 6.45) is 7.71. The van der Waals surface area contributed by atoms with Gasteiger partial charge in [0.15, 0.2) is 5.82 Å². The molecule has 1 atom stereocenters. The van der Waals surface area contributed by atoms with Crippen molar-refractivity contribution in [2.75, 3.05) is 27.2 Å². The fourth-order valence-corrected chi connectivity index (χ4v) is 5.14. The maximum Gasteiger partial charge on any atom is 0.222 e. The number of carbonyl (C=O) groups is 1. The van der Waals surface area contributed by atoms with E-state index < -0.39 is 0 Å². The van der Waals surface area contributed by atoms with Crippen LogP contribution in [0.2, 0.25) is 0 Å². The lowest BCUT2D eigenvalue weighted by Gasteiger charge is -2.46. The van der Waals surface area contributed by atoms with Crippen molar-refractivity contribution >= 4 is 5.91 Å². The SMILES string of the molecule is Cc1noc(C)c1CCC(=O)N1CCCC(c2nnnn2C2CCCC2)(N(C)C)C1. The Morgan fingerprint density at radius 3 is 2.67 bits per heavy atom. The Morgan fingerprint density at radius 1 is 1.23 bits per heavy atom. The van der Waals surface area contributed by atoms with Crippen molar-refractivity contribution < 1.29 is 9.32 Å². The Bertz CT molecular complexity index is 864. The zero-order valence-electron chi connectivity index (χ0n) is 18.6. The van der Waals surface area contributed by atoms with Crippen molar-refractivity contribution in [2.24, 2.45) is 0 Å². The number of piperidine rings is 1. The number of aryl methyl sites for hydroxylation is 2. The van der Waals surface area contributed by atoms with Crippen molar-refractivity contribution in [3.63, 3.8) is 0 Å². The summed E-state index contributed by atoms with van der Waals surface area (Å²) < 4.78 is 7.29. The maximum atomic E-state index is 13.1. The number of likely N-dealkylation sites (N-methyl/N-ethyl adjacent to an activating group) is 1. The lowest BCUT2D eigenvalue weighted by atomic mass is 9.86. The summed E-state index contributed by atoms with van der Waals surface area (Å²) in [5.41, 5.74) is 1.56. The number of tetrazole rings is 1. The molecule has 0 bridgehead atoms. The molecule has 30 heavy (non-hydrogen) atoms. The molecule has 2 aliphatic rings. The number of carbonyl (C=O) groups excluding carboxylic acids is 1. The molecule has 1 aliphatic carbocycles. The van der Waals surface area contributed by atoms with E-state index in [1.54, 1.807) is 0 Å². The Labute approximate surface area is 177 Å². The van der Waals surface area contributed by atoms with Gasteiger partial charge in [0.05, 0.1) is 11.7 Å². The van der Waals surface area contributed by atoms with Crippen LogP contribution < -0.4 is 0 Å². The molecule has 1 saturated carbocycles. The molecule has 9 nitrogen and oxygen atoms in total. The van der Waals surface area contributed by atoms with Gasteiger partial charge in [-0.2, -0.15) is 0 Å². The highest BCUT2D eigenvalue weighted by atomic mass is 16.5. The third kappa shape index (κ3) is 3.75. The van der Waals surface area contributed by atoms with Crippen molar-refractivity contribution in [1.29, 1.82) is 0 Å². The quantitative estimate of drug-likeness (QED) is 0.715. The van der Waals surface area contributed by atoms with Crippen LogP contribution in [0.3, 0.4) is 0 Å². The monoisotopic (exact) mass is 415 g/mol. The Hall–Kier alpha value is -2.29. The lowest BCUT2D eigenvalue weighted by Crippen LogP contribution is -2.56. The number of hydrogen-bond donors (Lipinski definition) is 0. The zero-order chi connectivity index (χ0) is 21.3. The van der Waals surface area contributed by atoms with Gasteiger partial charge in [-0.05, 0) is 70.5 Å². The van der Waals surface area contributed by atoms with E-state index in [0.29, 0.717) is 25.4 Å². The molecule has 0 aromatic carbocycles. The van der Waals surface area contributed by atoms with Gasteiger partial charge in [-0.1, -0.05) is 18.0 Å². The minimum absolute atomic E-state index is 0.167. The first kappa shape index (κ1) is 21.0. The topological polar surface area (TPSA) is 93.2 Å². The first-order valence-electron chi connectivity index (χ1n) is 11.1. The summed E-state index contributed by atoms with van der Waals surface area (Å²) in [7, 11) is 4.15. The van der Waals surface area contributed by atoms with Gasteiger partial charge in [0, 0.05) is 25.1 Å². The standard InChI is InChI=1S/C21H33N7O2/c1-15-18(16(2)30-23-15)10-11-19(29)27-13-7-12-21(14-27,26(3)4)20-22-24-25-28(20)17-8-5-6-9-17/h17H,5-14H2,1-4H3. The minimum Gasteiger partial charge on any atom is -0.361 e. The number of aromatic nitrogens is 5.